The van der Waals surface area contributed by atoms with Gasteiger partial charge >= 0.3 is 0 Å². The molecule has 1 unspecified atom stereocenters. The van der Waals surface area contributed by atoms with Gasteiger partial charge in [0, 0.05) is 9.75 Å². The lowest BCUT2D eigenvalue weighted by Crippen LogP contribution is -2.42. The molecular weight excluding hydrogens is 264 g/mol. The number of thiophene rings is 1. The zero-order chi connectivity index (χ0) is 13.6. The van der Waals surface area contributed by atoms with Crippen molar-refractivity contribution in [1.82, 2.24) is 9.97 Å². The summed E-state index contributed by atoms with van der Waals surface area (Å²) in [6.45, 7) is 2.64. The number of hydrogen-bond acceptors (Lipinski definition) is 7. The van der Waals surface area contributed by atoms with Crippen molar-refractivity contribution in [3.63, 3.8) is 0 Å². The Bertz CT molecular complexity index is 678. The van der Waals surface area contributed by atoms with E-state index in [1.807, 2.05) is 17.9 Å². The van der Waals surface area contributed by atoms with Crippen molar-refractivity contribution < 1.29 is 0 Å². The predicted octanol–water partition coefficient (Wildman–Crippen LogP) is 0.396. The number of hydrogen-bond donors (Lipinski definition) is 4. The van der Waals surface area contributed by atoms with E-state index in [2.05, 4.69) is 21.4 Å². The molecule has 0 saturated heterocycles. The second-order valence-corrected chi connectivity index (χ2v) is 5.75. The van der Waals surface area contributed by atoms with Gasteiger partial charge in [-0.15, -0.1) is 11.3 Å². The third-order valence-corrected chi connectivity index (χ3v) is 3.93. The molecule has 0 amide bonds. The Hall–Kier alpha value is -2.06. The molecule has 2 aromatic rings. The molecule has 3 heterocycles. The largest absolute Gasteiger partial charge is 0.369 e. The lowest BCUT2D eigenvalue weighted by atomic mass is 10.4. The number of nitrogen functional groups attached to an aromatic ring is 1. The van der Waals surface area contributed by atoms with Crippen molar-refractivity contribution >= 4 is 28.8 Å². The van der Waals surface area contributed by atoms with Crippen molar-refractivity contribution in [3.8, 4) is 0 Å². The first-order valence-electron chi connectivity index (χ1n) is 5.78. The van der Waals surface area contributed by atoms with E-state index in [0.29, 0.717) is 18.1 Å². The van der Waals surface area contributed by atoms with Crippen molar-refractivity contribution in [2.45, 2.75) is 19.8 Å². The molecule has 100 valence electrons. The second kappa shape index (κ2) is 4.25. The smallest absolute Gasteiger partial charge is 0.277 e. The molecule has 1 aliphatic rings. The molecule has 0 aromatic carbocycles. The molecule has 0 fully saturated rings. The Labute approximate surface area is 113 Å². The number of rotatable bonds is 2. The van der Waals surface area contributed by atoms with Gasteiger partial charge in [0.15, 0.2) is 12.1 Å². The number of aromatic nitrogens is 2. The quantitative estimate of drug-likeness (QED) is 0.632. The monoisotopic (exact) mass is 278 g/mol. The first-order chi connectivity index (χ1) is 9.04. The minimum atomic E-state index is -0.479. The molecule has 3 rings (SSSR count). The van der Waals surface area contributed by atoms with Crippen LogP contribution in [0.15, 0.2) is 16.9 Å². The minimum absolute atomic E-state index is 0.0898. The third kappa shape index (κ3) is 2.04. The second-order valence-electron chi connectivity index (χ2n) is 4.38. The number of fused-ring (bicyclic) bond motifs is 1. The first kappa shape index (κ1) is 12.0. The Kier molecular flexibility index (Phi) is 2.68. The van der Waals surface area contributed by atoms with E-state index in [-0.39, 0.29) is 11.5 Å². The zero-order valence-electron chi connectivity index (χ0n) is 10.3. The van der Waals surface area contributed by atoms with Gasteiger partial charge in [0.25, 0.3) is 5.56 Å². The molecule has 0 spiro atoms. The molecule has 0 saturated carbocycles. The fraction of sp³-hybridized carbons (Fsp3) is 0.273. The van der Waals surface area contributed by atoms with Crippen LogP contribution in [0.1, 0.15) is 9.75 Å². The van der Waals surface area contributed by atoms with Gasteiger partial charge in [0.1, 0.15) is 5.69 Å². The normalized spacial score (nSPS) is 17.4. The summed E-state index contributed by atoms with van der Waals surface area (Å²) in [5.74, 6) is 0.590. The molecule has 1 aliphatic heterocycles. The van der Waals surface area contributed by atoms with E-state index in [0.717, 1.165) is 4.88 Å². The number of H-pyrrole nitrogens is 1. The van der Waals surface area contributed by atoms with Crippen LogP contribution in [-0.2, 0) is 6.54 Å². The molecule has 0 radical (unpaired) electrons. The highest BCUT2D eigenvalue weighted by Crippen LogP contribution is 2.30. The molecule has 0 bridgehead atoms. The van der Waals surface area contributed by atoms with Gasteiger partial charge in [-0.25, -0.2) is 0 Å². The Morgan fingerprint density at radius 3 is 3.00 bits per heavy atom. The SMILES string of the molecule is Cc1ccc(CN2c3nc(N)[nH]c(=O)c3NC2N)s1. The predicted molar refractivity (Wildman–Crippen MR) is 76.1 cm³/mol. The number of aromatic amines is 1. The molecule has 19 heavy (non-hydrogen) atoms. The Morgan fingerprint density at radius 2 is 2.32 bits per heavy atom. The van der Waals surface area contributed by atoms with Crippen LogP contribution in [0.25, 0.3) is 0 Å². The maximum absolute atomic E-state index is 11.8. The summed E-state index contributed by atoms with van der Waals surface area (Å²) in [4.78, 5) is 22.6. The van der Waals surface area contributed by atoms with Gasteiger partial charge in [-0.2, -0.15) is 4.98 Å². The van der Waals surface area contributed by atoms with Crippen LogP contribution in [0, 0.1) is 6.92 Å². The fourth-order valence-electron chi connectivity index (χ4n) is 2.09. The highest BCUT2D eigenvalue weighted by Gasteiger charge is 2.30. The van der Waals surface area contributed by atoms with Crippen LogP contribution in [-0.4, -0.2) is 16.3 Å². The third-order valence-electron chi connectivity index (χ3n) is 2.94. The molecular formula is C11H14N6OS. The molecule has 0 aliphatic carbocycles. The Balaban J connectivity index is 1.98. The minimum Gasteiger partial charge on any atom is -0.369 e. The molecule has 6 N–H and O–H groups in total. The van der Waals surface area contributed by atoms with Crippen LogP contribution in [0.5, 0.6) is 0 Å². The van der Waals surface area contributed by atoms with Crippen LogP contribution in [0.3, 0.4) is 0 Å². The highest BCUT2D eigenvalue weighted by molar-refractivity contribution is 7.11. The summed E-state index contributed by atoms with van der Waals surface area (Å²) >= 11 is 1.69. The fourth-order valence-corrected chi connectivity index (χ4v) is 2.97. The van der Waals surface area contributed by atoms with Gasteiger partial charge in [0.05, 0.1) is 6.54 Å². The van der Waals surface area contributed by atoms with Gasteiger partial charge in [0.2, 0.25) is 5.95 Å². The lowest BCUT2D eigenvalue weighted by molar-refractivity contribution is 0.696. The number of aryl methyl sites for hydroxylation is 1. The average molecular weight is 278 g/mol. The summed E-state index contributed by atoms with van der Waals surface area (Å²) in [7, 11) is 0. The summed E-state index contributed by atoms with van der Waals surface area (Å²) in [5, 5.41) is 2.92. The van der Waals surface area contributed by atoms with E-state index >= 15 is 0 Å². The van der Waals surface area contributed by atoms with Crippen molar-refractivity contribution in [2.75, 3.05) is 16.0 Å². The maximum atomic E-state index is 11.8. The zero-order valence-corrected chi connectivity index (χ0v) is 11.1. The van der Waals surface area contributed by atoms with Crippen LogP contribution >= 0.6 is 11.3 Å². The lowest BCUT2D eigenvalue weighted by Gasteiger charge is -2.21. The molecule has 2 aromatic heterocycles. The Morgan fingerprint density at radius 1 is 1.53 bits per heavy atom. The van der Waals surface area contributed by atoms with Crippen molar-refractivity contribution in [3.05, 3.63) is 32.2 Å². The summed E-state index contributed by atoms with van der Waals surface area (Å²) in [5.41, 5.74) is 11.6. The standard InChI is InChI=1S/C11H14N6OS/c1-5-2-3-6(19-5)4-17-8-7(14-11(17)13)9(18)16-10(12)15-8/h2-3,11,14H,4,13H2,1H3,(H3,12,15,16,18). The van der Waals surface area contributed by atoms with Crippen molar-refractivity contribution in [1.29, 1.82) is 0 Å². The van der Waals surface area contributed by atoms with Gasteiger partial charge in [-0.3, -0.25) is 15.5 Å². The van der Waals surface area contributed by atoms with Crippen LogP contribution < -0.4 is 27.2 Å². The number of nitrogens with one attached hydrogen (secondary N) is 2. The molecule has 7 nitrogen and oxygen atoms in total. The van der Waals surface area contributed by atoms with Gasteiger partial charge in [-0.1, -0.05) is 0 Å². The highest BCUT2D eigenvalue weighted by atomic mass is 32.1. The van der Waals surface area contributed by atoms with Crippen LogP contribution in [0.2, 0.25) is 0 Å². The van der Waals surface area contributed by atoms with E-state index in [1.54, 1.807) is 11.3 Å². The molecule has 8 heteroatoms. The first-order valence-corrected chi connectivity index (χ1v) is 6.60. The van der Waals surface area contributed by atoms with Gasteiger partial charge < -0.3 is 16.0 Å². The number of nitrogens with two attached hydrogens (primary N) is 2. The van der Waals surface area contributed by atoms with E-state index in [9.17, 15) is 4.79 Å². The van der Waals surface area contributed by atoms with Crippen LogP contribution in [0.4, 0.5) is 17.5 Å². The van der Waals surface area contributed by atoms with E-state index in [1.165, 1.54) is 4.88 Å². The van der Waals surface area contributed by atoms with Gasteiger partial charge in [-0.05, 0) is 19.1 Å². The van der Waals surface area contributed by atoms with E-state index in [4.69, 9.17) is 11.5 Å². The van der Waals surface area contributed by atoms with Crippen molar-refractivity contribution in [2.24, 2.45) is 5.73 Å². The number of nitrogens with zero attached hydrogens (tertiary/aromatic N) is 2. The van der Waals surface area contributed by atoms with E-state index < -0.39 is 6.29 Å². The summed E-state index contributed by atoms with van der Waals surface area (Å²) < 4.78 is 0. The summed E-state index contributed by atoms with van der Waals surface area (Å²) in [6.07, 6.45) is -0.479. The summed E-state index contributed by atoms with van der Waals surface area (Å²) in [6, 6.07) is 4.09. The molecule has 1 atom stereocenters. The average Bonchev–Trinajstić information content (AvgIpc) is 2.87. The maximum Gasteiger partial charge on any atom is 0.277 e. The topological polar surface area (TPSA) is 113 Å². The number of anilines is 3.